The summed E-state index contributed by atoms with van der Waals surface area (Å²) in [5, 5.41) is 0. The van der Waals surface area contributed by atoms with Crippen molar-refractivity contribution in [2.24, 2.45) is 0 Å². The average Bonchev–Trinajstić information content (AvgIpc) is 2.34. The first-order valence-electron chi connectivity index (χ1n) is 7.52. The van der Waals surface area contributed by atoms with Crippen molar-refractivity contribution in [2.45, 2.75) is 84.7 Å². The monoisotopic (exact) mass is 254 g/mol. The quantitative estimate of drug-likeness (QED) is 0.294. The predicted octanol–water partition coefficient (Wildman–Crippen LogP) is 5.03. The topological polar surface area (TPSA) is 26.3 Å². The first-order chi connectivity index (χ1) is 8.70. The Morgan fingerprint density at radius 2 is 1.56 bits per heavy atom. The highest BCUT2D eigenvalue weighted by molar-refractivity contribution is 5.66. The van der Waals surface area contributed by atoms with E-state index in [1.54, 1.807) is 0 Å². The molecule has 0 spiro atoms. The number of carbonyl (C=O) groups excluding carboxylic acids is 1. The minimum Gasteiger partial charge on any atom is -0.463 e. The molecule has 0 aromatic heterocycles. The lowest BCUT2D eigenvalue weighted by molar-refractivity contribution is -0.147. The molecule has 0 heterocycles. The molecule has 2 heteroatoms. The summed E-state index contributed by atoms with van der Waals surface area (Å²) in [6, 6.07) is 0. The van der Waals surface area contributed by atoms with Crippen LogP contribution in [0.25, 0.3) is 0 Å². The van der Waals surface area contributed by atoms with Crippen LogP contribution in [0, 0.1) is 0 Å². The molecule has 0 aromatic rings. The van der Waals surface area contributed by atoms with Crippen molar-refractivity contribution >= 4 is 5.97 Å². The molecule has 0 saturated carbocycles. The summed E-state index contributed by atoms with van der Waals surface area (Å²) in [6.45, 7) is 5.89. The second kappa shape index (κ2) is 12.7. The maximum atomic E-state index is 11.0. The average molecular weight is 254 g/mol. The third-order valence-electron chi connectivity index (χ3n) is 3.00. The number of unbranched alkanes of at least 4 members (excludes halogenated alkanes) is 4. The van der Waals surface area contributed by atoms with Crippen LogP contribution in [0.4, 0.5) is 0 Å². The van der Waals surface area contributed by atoms with Crippen LogP contribution in [0.5, 0.6) is 0 Å². The van der Waals surface area contributed by atoms with Gasteiger partial charge in [-0.1, -0.05) is 51.7 Å². The largest absolute Gasteiger partial charge is 0.463 e. The summed E-state index contributed by atoms with van der Waals surface area (Å²) < 4.78 is 5.33. The van der Waals surface area contributed by atoms with E-state index in [-0.39, 0.29) is 12.1 Å². The molecule has 0 rings (SSSR count). The summed E-state index contributed by atoms with van der Waals surface area (Å²) in [7, 11) is 0. The Labute approximate surface area is 113 Å². The maximum absolute atomic E-state index is 11.0. The van der Waals surface area contributed by atoms with Gasteiger partial charge in [-0.3, -0.25) is 4.79 Å². The normalized spacial score (nSPS) is 12.8. The van der Waals surface area contributed by atoms with Gasteiger partial charge in [-0.05, 0) is 32.1 Å². The summed E-state index contributed by atoms with van der Waals surface area (Å²) in [5.41, 5.74) is 0. The molecule has 0 saturated heterocycles. The van der Waals surface area contributed by atoms with Gasteiger partial charge in [-0.2, -0.15) is 0 Å². The number of carbonyl (C=O) groups is 1. The van der Waals surface area contributed by atoms with Crippen molar-refractivity contribution in [1.82, 2.24) is 0 Å². The molecule has 18 heavy (non-hydrogen) atoms. The molecule has 1 unspecified atom stereocenters. The van der Waals surface area contributed by atoms with Crippen LogP contribution in [-0.4, -0.2) is 12.1 Å². The van der Waals surface area contributed by atoms with Gasteiger partial charge in [0.15, 0.2) is 0 Å². The molecule has 106 valence electrons. The van der Waals surface area contributed by atoms with Gasteiger partial charge in [0.05, 0.1) is 0 Å². The first kappa shape index (κ1) is 17.2. The lowest BCUT2D eigenvalue weighted by atomic mass is 10.1. The van der Waals surface area contributed by atoms with Crippen molar-refractivity contribution in [1.29, 1.82) is 0 Å². The molecular weight excluding hydrogens is 224 g/mol. The van der Waals surface area contributed by atoms with Gasteiger partial charge >= 0.3 is 5.97 Å². The van der Waals surface area contributed by atoms with Crippen molar-refractivity contribution in [3.8, 4) is 0 Å². The fourth-order valence-corrected chi connectivity index (χ4v) is 1.95. The van der Waals surface area contributed by atoms with Gasteiger partial charge in [-0.25, -0.2) is 0 Å². The highest BCUT2D eigenvalue weighted by Crippen LogP contribution is 2.13. The van der Waals surface area contributed by atoms with Crippen LogP contribution < -0.4 is 0 Å². The minimum atomic E-state index is -0.144. The zero-order valence-electron chi connectivity index (χ0n) is 12.4. The second-order valence-electron chi connectivity index (χ2n) is 4.92. The van der Waals surface area contributed by atoms with E-state index in [9.17, 15) is 4.79 Å². The standard InChI is InChI=1S/C16H30O2/c1-4-6-8-9-10-11-12-14-16(13-7-5-2)18-15(3)17/h9-10,16H,4-8,11-14H2,1-3H3. The summed E-state index contributed by atoms with van der Waals surface area (Å²) in [4.78, 5) is 11.0. The van der Waals surface area contributed by atoms with Gasteiger partial charge < -0.3 is 4.74 Å². The Morgan fingerprint density at radius 1 is 1.00 bits per heavy atom. The van der Waals surface area contributed by atoms with E-state index in [1.165, 1.54) is 26.2 Å². The minimum absolute atomic E-state index is 0.131. The highest BCUT2D eigenvalue weighted by atomic mass is 16.5. The summed E-state index contributed by atoms with van der Waals surface area (Å²) >= 11 is 0. The van der Waals surface area contributed by atoms with Crippen LogP contribution in [0.15, 0.2) is 12.2 Å². The molecule has 0 amide bonds. The number of rotatable bonds is 11. The van der Waals surface area contributed by atoms with Gasteiger partial charge in [0.25, 0.3) is 0 Å². The van der Waals surface area contributed by atoms with Gasteiger partial charge in [0.1, 0.15) is 6.10 Å². The van der Waals surface area contributed by atoms with Gasteiger partial charge in [-0.15, -0.1) is 0 Å². The molecule has 0 bridgehead atoms. The van der Waals surface area contributed by atoms with Crippen LogP contribution in [0.3, 0.4) is 0 Å². The van der Waals surface area contributed by atoms with Crippen LogP contribution in [0.2, 0.25) is 0 Å². The summed E-state index contributed by atoms with van der Waals surface area (Å²) in [5.74, 6) is -0.144. The van der Waals surface area contributed by atoms with Crippen LogP contribution in [0.1, 0.15) is 78.6 Å². The van der Waals surface area contributed by atoms with Gasteiger partial charge in [0, 0.05) is 6.92 Å². The Balaban J connectivity index is 3.67. The van der Waals surface area contributed by atoms with E-state index in [2.05, 4.69) is 26.0 Å². The lowest BCUT2D eigenvalue weighted by Gasteiger charge is -2.16. The Bertz CT molecular complexity index is 221. The molecule has 0 aliphatic carbocycles. The third-order valence-corrected chi connectivity index (χ3v) is 3.00. The Kier molecular flexibility index (Phi) is 12.1. The molecule has 0 N–H and O–H groups in total. The number of esters is 1. The third kappa shape index (κ3) is 11.7. The van der Waals surface area contributed by atoms with E-state index in [1.807, 2.05) is 0 Å². The van der Waals surface area contributed by atoms with E-state index in [0.717, 1.165) is 38.5 Å². The Morgan fingerprint density at radius 3 is 2.11 bits per heavy atom. The zero-order chi connectivity index (χ0) is 13.6. The second-order valence-corrected chi connectivity index (χ2v) is 4.92. The molecular formula is C16H30O2. The SMILES string of the molecule is CCCCC=CCCCC(CCCC)OC(C)=O. The van der Waals surface area contributed by atoms with Crippen molar-refractivity contribution in [2.75, 3.05) is 0 Å². The molecule has 0 aliphatic rings. The predicted molar refractivity (Wildman–Crippen MR) is 77.6 cm³/mol. The highest BCUT2D eigenvalue weighted by Gasteiger charge is 2.10. The van der Waals surface area contributed by atoms with E-state index >= 15 is 0 Å². The number of hydrogen-bond acceptors (Lipinski definition) is 2. The molecule has 0 aromatic carbocycles. The van der Waals surface area contributed by atoms with Crippen LogP contribution in [-0.2, 0) is 9.53 Å². The van der Waals surface area contributed by atoms with Crippen molar-refractivity contribution < 1.29 is 9.53 Å². The Hall–Kier alpha value is -0.790. The summed E-state index contributed by atoms with van der Waals surface area (Å²) in [6.07, 6.45) is 14.9. The maximum Gasteiger partial charge on any atom is 0.302 e. The van der Waals surface area contributed by atoms with Gasteiger partial charge in [0.2, 0.25) is 0 Å². The zero-order valence-corrected chi connectivity index (χ0v) is 12.4. The van der Waals surface area contributed by atoms with Crippen LogP contribution >= 0.6 is 0 Å². The van der Waals surface area contributed by atoms with Crippen molar-refractivity contribution in [3.05, 3.63) is 12.2 Å². The fourth-order valence-electron chi connectivity index (χ4n) is 1.95. The van der Waals surface area contributed by atoms with E-state index in [0.29, 0.717) is 0 Å². The molecule has 0 fully saturated rings. The molecule has 0 radical (unpaired) electrons. The first-order valence-corrected chi connectivity index (χ1v) is 7.52. The number of hydrogen-bond donors (Lipinski definition) is 0. The molecule has 1 atom stereocenters. The van der Waals surface area contributed by atoms with Crippen molar-refractivity contribution in [3.63, 3.8) is 0 Å². The van der Waals surface area contributed by atoms with E-state index < -0.39 is 0 Å². The van der Waals surface area contributed by atoms with E-state index in [4.69, 9.17) is 4.74 Å². The fraction of sp³-hybridized carbons (Fsp3) is 0.812. The molecule has 0 aliphatic heterocycles. The smallest absolute Gasteiger partial charge is 0.302 e. The lowest BCUT2D eigenvalue weighted by Crippen LogP contribution is -2.16. The number of ether oxygens (including phenoxy) is 1. The number of allylic oxidation sites excluding steroid dienone is 2. The molecule has 2 nitrogen and oxygen atoms in total.